The van der Waals surface area contributed by atoms with E-state index in [1.807, 2.05) is 31.2 Å². The van der Waals surface area contributed by atoms with Gasteiger partial charge in [0.25, 0.3) is 17.3 Å². The van der Waals surface area contributed by atoms with Crippen LogP contribution in [0, 0.1) is 27.2 Å². The van der Waals surface area contributed by atoms with Gasteiger partial charge in [-0.1, -0.05) is 35.9 Å². The van der Waals surface area contributed by atoms with Crippen molar-refractivity contribution >= 4 is 45.1 Å². The molecule has 9 heteroatoms. The van der Waals surface area contributed by atoms with Crippen molar-refractivity contribution in [1.82, 2.24) is 0 Å². The normalized spacial score (nSPS) is 10.6. The van der Waals surface area contributed by atoms with Crippen LogP contribution in [0.4, 0.5) is 28.4 Å². The zero-order valence-corrected chi connectivity index (χ0v) is 17.4. The second kappa shape index (κ2) is 8.75. The van der Waals surface area contributed by atoms with E-state index in [1.165, 1.54) is 0 Å². The van der Waals surface area contributed by atoms with Crippen LogP contribution in [0.3, 0.4) is 0 Å². The standard InChI is InChI=1S/C24H18N4O5/c1-15-6-10-18(11-7-15)26-24(29)16-8-12-17(13-9-16)25-23-20-5-3-2-4-19(20)21(27(30)31)14-22(23)28(32)33/h2-14,25H,1H3,(H,26,29). The number of hydrogen-bond acceptors (Lipinski definition) is 6. The average molecular weight is 442 g/mol. The molecule has 0 aliphatic carbocycles. The van der Waals surface area contributed by atoms with Gasteiger partial charge >= 0.3 is 0 Å². The summed E-state index contributed by atoms with van der Waals surface area (Å²) in [5, 5.41) is 29.5. The molecule has 2 N–H and O–H groups in total. The summed E-state index contributed by atoms with van der Waals surface area (Å²) in [5.41, 5.74) is 2.02. The zero-order valence-electron chi connectivity index (χ0n) is 17.4. The number of carbonyl (C=O) groups excluding carboxylic acids is 1. The molecule has 4 aromatic rings. The lowest BCUT2D eigenvalue weighted by Gasteiger charge is -2.12. The molecule has 0 heterocycles. The van der Waals surface area contributed by atoms with Gasteiger partial charge in [0.15, 0.2) is 0 Å². The van der Waals surface area contributed by atoms with E-state index in [0.29, 0.717) is 22.3 Å². The number of hydrogen-bond donors (Lipinski definition) is 2. The van der Waals surface area contributed by atoms with E-state index in [2.05, 4.69) is 10.6 Å². The third-order valence-electron chi connectivity index (χ3n) is 5.12. The number of rotatable bonds is 6. The Balaban J connectivity index is 1.65. The number of nitrogens with one attached hydrogen (secondary N) is 2. The first-order chi connectivity index (χ1) is 15.8. The Labute approximate surface area is 188 Å². The molecule has 0 unspecified atom stereocenters. The van der Waals surface area contributed by atoms with Crippen LogP contribution in [0.25, 0.3) is 10.8 Å². The number of fused-ring (bicyclic) bond motifs is 1. The molecule has 0 aliphatic heterocycles. The van der Waals surface area contributed by atoms with E-state index in [4.69, 9.17) is 0 Å². The molecule has 9 nitrogen and oxygen atoms in total. The number of non-ortho nitro benzene ring substituents is 1. The minimum Gasteiger partial charge on any atom is -0.349 e. The molecule has 0 fully saturated rings. The molecule has 0 radical (unpaired) electrons. The lowest BCUT2D eigenvalue weighted by Crippen LogP contribution is -2.11. The summed E-state index contributed by atoms with van der Waals surface area (Å²) in [6.07, 6.45) is 0. The Bertz CT molecular complexity index is 1380. The van der Waals surface area contributed by atoms with Crippen LogP contribution in [0.1, 0.15) is 15.9 Å². The highest BCUT2D eigenvalue weighted by atomic mass is 16.6. The van der Waals surface area contributed by atoms with Crippen LogP contribution < -0.4 is 10.6 Å². The van der Waals surface area contributed by atoms with E-state index < -0.39 is 15.5 Å². The fraction of sp³-hybridized carbons (Fsp3) is 0.0417. The lowest BCUT2D eigenvalue weighted by atomic mass is 10.0. The van der Waals surface area contributed by atoms with Gasteiger partial charge in [-0.3, -0.25) is 25.0 Å². The highest BCUT2D eigenvalue weighted by molar-refractivity contribution is 6.06. The third kappa shape index (κ3) is 4.47. The number of aryl methyl sites for hydroxylation is 1. The molecular formula is C24H18N4O5. The Kier molecular flexibility index (Phi) is 5.69. The summed E-state index contributed by atoms with van der Waals surface area (Å²) in [7, 11) is 0. The maximum Gasteiger partial charge on any atom is 0.300 e. The molecule has 164 valence electrons. The minimum absolute atomic E-state index is 0.137. The fourth-order valence-electron chi connectivity index (χ4n) is 3.46. The first-order valence-electron chi connectivity index (χ1n) is 9.93. The average Bonchev–Trinajstić information content (AvgIpc) is 2.80. The van der Waals surface area contributed by atoms with Gasteiger partial charge in [-0.25, -0.2) is 0 Å². The smallest absolute Gasteiger partial charge is 0.300 e. The first-order valence-corrected chi connectivity index (χ1v) is 9.93. The van der Waals surface area contributed by atoms with E-state index in [0.717, 1.165) is 11.6 Å². The Hall–Kier alpha value is -4.79. The van der Waals surface area contributed by atoms with Gasteiger partial charge < -0.3 is 10.6 Å². The van der Waals surface area contributed by atoms with Crippen molar-refractivity contribution < 1.29 is 14.6 Å². The number of nitro groups is 2. The summed E-state index contributed by atoms with van der Waals surface area (Å²) >= 11 is 0. The van der Waals surface area contributed by atoms with Gasteiger partial charge in [0.2, 0.25) is 0 Å². The minimum atomic E-state index is -0.662. The number of amides is 1. The molecule has 4 aromatic carbocycles. The predicted octanol–water partition coefficient (Wildman–Crippen LogP) is 5.96. The highest BCUT2D eigenvalue weighted by Gasteiger charge is 2.25. The van der Waals surface area contributed by atoms with Crippen molar-refractivity contribution in [3.63, 3.8) is 0 Å². The maximum atomic E-state index is 12.5. The van der Waals surface area contributed by atoms with Crippen molar-refractivity contribution in [3.8, 4) is 0 Å². The van der Waals surface area contributed by atoms with Crippen molar-refractivity contribution in [2.75, 3.05) is 10.6 Å². The molecule has 0 bridgehead atoms. The van der Waals surface area contributed by atoms with Crippen molar-refractivity contribution in [1.29, 1.82) is 0 Å². The number of nitrogens with zero attached hydrogens (tertiary/aromatic N) is 2. The molecule has 0 spiro atoms. The molecule has 1 amide bonds. The van der Waals surface area contributed by atoms with E-state index in [1.54, 1.807) is 48.5 Å². The van der Waals surface area contributed by atoms with E-state index in [-0.39, 0.29) is 22.7 Å². The third-order valence-corrected chi connectivity index (χ3v) is 5.12. The quantitative estimate of drug-likeness (QED) is 0.280. The summed E-state index contributed by atoms with van der Waals surface area (Å²) in [4.78, 5) is 34.3. The number of carbonyl (C=O) groups is 1. The van der Waals surface area contributed by atoms with Gasteiger partial charge in [-0.15, -0.1) is 0 Å². The van der Waals surface area contributed by atoms with Crippen molar-refractivity contribution in [2.45, 2.75) is 6.92 Å². The lowest BCUT2D eigenvalue weighted by molar-refractivity contribution is -0.392. The Morgan fingerprint density at radius 3 is 1.94 bits per heavy atom. The van der Waals surface area contributed by atoms with Crippen LogP contribution in [0.15, 0.2) is 78.9 Å². The Morgan fingerprint density at radius 2 is 1.33 bits per heavy atom. The molecule has 33 heavy (non-hydrogen) atoms. The van der Waals surface area contributed by atoms with Crippen molar-refractivity contribution in [3.05, 3.63) is 110 Å². The summed E-state index contributed by atoms with van der Waals surface area (Å²) in [6, 6.07) is 21.2. The van der Waals surface area contributed by atoms with Gasteiger partial charge in [0, 0.05) is 22.3 Å². The SMILES string of the molecule is Cc1ccc(NC(=O)c2ccc(Nc3c([N+](=O)[O-])cc([N+](=O)[O-])c4ccccc34)cc2)cc1. The van der Waals surface area contributed by atoms with Crippen LogP contribution in [-0.2, 0) is 0 Å². The second-order valence-corrected chi connectivity index (χ2v) is 7.37. The summed E-state index contributed by atoms with van der Waals surface area (Å²) in [6.45, 7) is 1.95. The summed E-state index contributed by atoms with van der Waals surface area (Å²) in [5.74, 6) is -0.294. The monoisotopic (exact) mass is 442 g/mol. The first kappa shape index (κ1) is 21.4. The Morgan fingerprint density at radius 1 is 0.758 bits per heavy atom. The summed E-state index contributed by atoms with van der Waals surface area (Å²) < 4.78 is 0. The van der Waals surface area contributed by atoms with Crippen LogP contribution in [0.2, 0.25) is 0 Å². The fourth-order valence-corrected chi connectivity index (χ4v) is 3.46. The van der Waals surface area contributed by atoms with Gasteiger partial charge in [0.05, 0.1) is 21.3 Å². The molecular weight excluding hydrogens is 424 g/mol. The maximum absolute atomic E-state index is 12.5. The van der Waals surface area contributed by atoms with E-state index in [9.17, 15) is 25.0 Å². The molecule has 0 saturated heterocycles. The second-order valence-electron chi connectivity index (χ2n) is 7.37. The van der Waals surface area contributed by atoms with Gasteiger partial charge in [-0.2, -0.15) is 0 Å². The predicted molar refractivity (Wildman–Crippen MR) is 126 cm³/mol. The molecule has 0 atom stereocenters. The molecule has 0 aromatic heterocycles. The van der Waals surface area contributed by atoms with Crippen LogP contribution >= 0.6 is 0 Å². The number of benzene rings is 4. The molecule has 0 aliphatic rings. The van der Waals surface area contributed by atoms with Crippen molar-refractivity contribution in [2.24, 2.45) is 0 Å². The number of anilines is 3. The van der Waals surface area contributed by atoms with Crippen LogP contribution in [0.5, 0.6) is 0 Å². The highest BCUT2D eigenvalue weighted by Crippen LogP contribution is 2.40. The van der Waals surface area contributed by atoms with Gasteiger partial charge in [0.1, 0.15) is 5.69 Å². The topological polar surface area (TPSA) is 127 Å². The van der Waals surface area contributed by atoms with Gasteiger partial charge in [-0.05, 0) is 49.4 Å². The van der Waals surface area contributed by atoms with Crippen LogP contribution in [-0.4, -0.2) is 15.8 Å². The molecule has 4 rings (SSSR count). The zero-order chi connectivity index (χ0) is 23.5. The molecule has 0 saturated carbocycles. The number of nitro benzene ring substituents is 2. The van der Waals surface area contributed by atoms with E-state index >= 15 is 0 Å². The largest absolute Gasteiger partial charge is 0.349 e.